The highest BCUT2D eigenvalue weighted by molar-refractivity contribution is 5.73. The fourth-order valence-electron chi connectivity index (χ4n) is 2.40. The molecule has 0 aromatic heterocycles. The van der Waals surface area contributed by atoms with E-state index in [1.807, 2.05) is 17.0 Å². The van der Waals surface area contributed by atoms with Crippen LogP contribution in [0.3, 0.4) is 0 Å². The summed E-state index contributed by atoms with van der Waals surface area (Å²) in [6.07, 6.45) is 2.12. The lowest BCUT2D eigenvalue weighted by molar-refractivity contribution is -0.129. The lowest BCUT2D eigenvalue weighted by Crippen LogP contribution is -2.36. The Bertz CT molecular complexity index is 378. The largest absolute Gasteiger partial charge is 0.497 e. The van der Waals surface area contributed by atoms with Crippen molar-refractivity contribution in [2.24, 2.45) is 0 Å². The van der Waals surface area contributed by atoms with Crippen LogP contribution < -0.4 is 4.74 Å². The highest BCUT2D eigenvalue weighted by atomic mass is 16.5. The van der Waals surface area contributed by atoms with Crippen molar-refractivity contribution in [2.75, 3.05) is 20.2 Å². The first kappa shape index (κ1) is 12.0. The molecule has 0 N–H and O–H groups in total. The summed E-state index contributed by atoms with van der Waals surface area (Å²) in [4.78, 5) is 13.2. The molecule has 1 aliphatic rings. The number of benzene rings is 1. The van der Waals surface area contributed by atoms with E-state index in [4.69, 9.17) is 4.74 Å². The number of amides is 1. The van der Waals surface area contributed by atoms with Gasteiger partial charge in [0.05, 0.1) is 7.11 Å². The van der Waals surface area contributed by atoms with Crippen LogP contribution in [0.5, 0.6) is 5.75 Å². The van der Waals surface area contributed by atoms with Gasteiger partial charge in [0.2, 0.25) is 5.91 Å². The van der Waals surface area contributed by atoms with Crippen LogP contribution >= 0.6 is 0 Å². The molecule has 3 heteroatoms. The van der Waals surface area contributed by atoms with Crippen LogP contribution in [0.1, 0.15) is 31.2 Å². The van der Waals surface area contributed by atoms with E-state index in [9.17, 15) is 4.79 Å². The van der Waals surface area contributed by atoms with Gasteiger partial charge < -0.3 is 9.64 Å². The van der Waals surface area contributed by atoms with E-state index in [1.165, 1.54) is 5.56 Å². The minimum Gasteiger partial charge on any atom is -0.497 e. The van der Waals surface area contributed by atoms with Crippen LogP contribution in [0, 0.1) is 0 Å². The highest BCUT2D eigenvalue weighted by Crippen LogP contribution is 2.29. The van der Waals surface area contributed by atoms with Crippen LogP contribution in [0.2, 0.25) is 0 Å². The van der Waals surface area contributed by atoms with Crippen LogP contribution in [-0.2, 0) is 4.79 Å². The summed E-state index contributed by atoms with van der Waals surface area (Å²) in [6, 6.07) is 8.28. The molecule has 1 aliphatic heterocycles. The van der Waals surface area contributed by atoms with Gasteiger partial charge in [-0.2, -0.15) is 0 Å². The molecule has 0 unspecified atom stereocenters. The maximum Gasteiger partial charge on any atom is 0.219 e. The molecule has 0 atom stereocenters. The first-order valence-corrected chi connectivity index (χ1v) is 6.10. The molecule has 1 saturated heterocycles. The van der Waals surface area contributed by atoms with Crippen LogP contribution in [0.4, 0.5) is 0 Å². The second-order valence-electron chi connectivity index (χ2n) is 4.55. The molecule has 0 spiro atoms. The Hall–Kier alpha value is -1.51. The Kier molecular flexibility index (Phi) is 3.67. The van der Waals surface area contributed by atoms with Crippen LogP contribution in [0.25, 0.3) is 0 Å². The Morgan fingerprint density at radius 2 is 1.82 bits per heavy atom. The molecular weight excluding hydrogens is 214 g/mol. The maximum absolute atomic E-state index is 11.2. The van der Waals surface area contributed by atoms with E-state index in [1.54, 1.807) is 14.0 Å². The standard InChI is InChI=1S/C14H19NO2/c1-11(16)15-9-7-13(8-10-15)12-3-5-14(17-2)6-4-12/h3-6,13H,7-10H2,1-2H3. The molecule has 0 aliphatic carbocycles. The molecule has 3 nitrogen and oxygen atoms in total. The fraction of sp³-hybridized carbons (Fsp3) is 0.500. The van der Waals surface area contributed by atoms with Gasteiger partial charge in [0.15, 0.2) is 0 Å². The van der Waals surface area contributed by atoms with Crippen molar-refractivity contribution in [3.8, 4) is 5.75 Å². The fourth-order valence-corrected chi connectivity index (χ4v) is 2.40. The summed E-state index contributed by atoms with van der Waals surface area (Å²) in [5.74, 6) is 1.67. The van der Waals surface area contributed by atoms with E-state index in [-0.39, 0.29) is 5.91 Å². The van der Waals surface area contributed by atoms with Crippen molar-refractivity contribution in [2.45, 2.75) is 25.7 Å². The highest BCUT2D eigenvalue weighted by Gasteiger charge is 2.21. The second-order valence-corrected chi connectivity index (χ2v) is 4.55. The molecule has 1 aromatic rings. The Balaban J connectivity index is 1.97. The Labute approximate surface area is 102 Å². The molecule has 0 radical (unpaired) electrons. The molecule has 1 amide bonds. The van der Waals surface area contributed by atoms with Gasteiger partial charge in [-0.25, -0.2) is 0 Å². The number of nitrogens with zero attached hydrogens (tertiary/aromatic N) is 1. The maximum atomic E-state index is 11.2. The molecule has 1 aromatic carbocycles. The Morgan fingerprint density at radius 3 is 2.29 bits per heavy atom. The van der Waals surface area contributed by atoms with Crippen molar-refractivity contribution in [1.82, 2.24) is 4.90 Å². The number of methoxy groups -OCH3 is 1. The van der Waals surface area contributed by atoms with Crippen molar-refractivity contribution in [3.05, 3.63) is 29.8 Å². The molecule has 2 rings (SSSR count). The smallest absolute Gasteiger partial charge is 0.219 e. The van der Waals surface area contributed by atoms with E-state index >= 15 is 0 Å². The number of ether oxygens (including phenoxy) is 1. The van der Waals surface area contributed by atoms with E-state index < -0.39 is 0 Å². The number of rotatable bonds is 2. The molecule has 1 fully saturated rings. The van der Waals surface area contributed by atoms with Crippen molar-refractivity contribution >= 4 is 5.91 Å². The third-order valence-electron chi connectivity index (χ3n) is 3.53. The summed E-state index contributed by atoms with van der Waals surface area (Å²) in [7, 11) is 1.68. The van der Waals surface area contributed by atoms with Gasteiger partial charge in [-0.1, -0.05) is 12.1 Å². The van der Waals surface area contributed by atoms with E-state index in [0.29, 0.717) is 5.92 Å². The average molecular weight is 233 g/mol. The molecule has 1 heterocycles. The normalized spacial score (nSPS) is 16.9. The molecule has 17 heavy (non-hydrogen) atoms. The van der Waals surface area contributed by atoms with Crippen LogP contribution in [-0.4, -0.2) is 31.0 Å². The van der Waals surface area contributed by atoms with Gasteiger partial charge >= 0.3 is 0 Å². The number of likely N-dealkylation sites (tertiary alicyclic amines) is 1. The zero-order valence-electron chi connectivity index (χ0n) is 10.5. The van der Waals surface area contributed by atoms with E-state index in [2.05, 4.69) is 12.1 Å². The minimum absolute atomic E-state index is 0.193. The lowest BCUT2D eigenvalue weighted by atomic mass is 9.89. The summed E-state index contributed by atoms with van der Waals surface area (Å²) >= 11 is 0. The van der Waals surface area contributed by atoms with Gasteiger partial charge in [0.25, 0.3) is 0 Å². The average Bonchev–Trinajstić information content (AvgIpc) is 2.39. The van der Waals surface area contributed by atoms with Gasteiger partial charge in [-0.3, -0.25) is 4.79 Å². The third-order valence-corrected chi connectivity index (χ3v) is 3.53. The van der Waals surface area contributed by atoms with Crippen LogP contribution in [0.15, 0.2) is 24.3 Å². The first-order chi connectivity index (χ1) is 8.20. The quantitative estimate of drug-likeness (QED) is 0.785. The molecule has 92 valence electrons. The predicted octanol–water partition coefficient (Wildman–Crippen LogP) is 2.42. The van der Waals surface area contributed by atoms with Crippen molar-refractivity contribution in [1.29, 1.82) is 0 Å². The summed E-state index contributed by atoms with van der Waals surface area (Å²) in [6.45, 7) is 3.41. The number of carbonyl (C=O) groups is 1. The third kappa shape index (κ3) is 2.78. The zero-order valence-corrected chi connectivity index (χ0v) is 10.5. The van der Waals surface area contributed by atoms with Gasteiger partial charge in [0, 0.05) is 20.0 Å². The van der Waals surface area contributed by atoms with E-state index in [0.717, 1.165) is 31.7 Å². The number of piperidine rings is 1. The number of hydrogen-bond donors (Lipinski definition) is 0. The lowest BCUT2D eigenvalue weighted by Gasteiger charge is -2.31. The molecule has 0 saturated carbocycles. The summed E-state index contributed by atoms with van der Waals surface area (Å²) in [5.41, 5.74) is 1.36. The van der Waals surface area contributed by atoms with Crippen molar-refractivity contribution < 1.29 is 9.53 Å². The number of carbonyl (C=O) groups excluding carboxylic acids is 1. The topological polar surface area (TPSA) is 29.5 Å². The number of hydrogen-bond acceptors (Lipinski definition) is 2. The Morgan fingerprint density at radius 1 is 1.24 bits per heavy atom. The van der Waals surface area contributed by atoms with Crippen molar-refractivity contribution in [3.63, 3.8) is 0 Å². The monoisotopic (exact) mass is 233 g/mol. The molecular formula is C14H19NO2. The molecule has 0 bridgehead atoms. The summed E-state index contributed by atoms with van der Waals surface area (Å²) in [5, 5.41) is 0. The minimum atomic E-state index is 0.193. The summed E-state index contributed by atoms with van der Waals surface area (Å²) < 4.78 is 5.15. The second kappa shape index (κ2) is 5.21. The zero-order chi connectivity index (χ0) is 12.3. The van der Waals surface area contributed by atoms with Gasteiger partial charge in [0.1, 0.15) is 5.75 Å². The SMILES string of the molecule is COc1ccc(C2CCN(C(C)=O)CC2)cc1. The first-order valence-electron chi connectivity index (χ1n) is 6.10. The predicted molar refractivity (Wildman–Crippen MR) is 67.2 cm³/mol. The van der Waals surface area contributed by atoms with Gasteiger partial charge in [-0.05, 0) is 36.5 Å². The van der Waals surface area contributed by atoms with Gasteiger partial charge in [-0.15, -0.1) is 0 Å².